The molecular formula is C35H39FN8O6. The van der Waals surface area contributed by atoms with E-state index >= 15 is 4.39 Å². The lowest BCUT2D eigenvalue weighted by Crippen LogP contribution is -2.55. The first-order chi connectivity index (χ1) is 24.1. The molecule has 2 aromatic heterocycles. The minimum Gasteiger partial charge on any atom is -0.492 e. The van der Waals surface area contributed by atoms with Gasteiger partial charge < -0.3 is 24.2 Å². The van der Waals surface area contributed by atoms with E-state index in [0.717, 1.165) is 35.6 Å². The maximum absolute atomic E-state index is 15.9. The van der Waals surface area contributed by atoms with Gasteiger partial charge in [0, 0.05) is 56.1 Å². The number of methoxy groups -OCH3 is 1. The summed E-state index contributed by atoms with van der Waals surface area (Å²) in [6.45, 7) is 7.25. The van der Waals surface area contributed by atoms with Crippen LogP contribution in [0.3, 0.4) is 0 Å². The summed E-state index contributed by atoms with van der Waals surface area (Å²) in [5, 5.41) is 18.1. The van der Waals surface area contributed by atoms with Crippen molar-refractivity contribution in [3.63, 3.8) is 0 Å². The average Bonchev–Trinajstić information content (AvgIpc) is 3.75. The summed E-state index contributed by atoms with van der Waals surface area (Å²) >= 11 is 0. The van der Waals surface area contributed by atoms with Crippen LogP contribution in [0.1, 0.15) is 71.5 Å². The molecule has 1 saturated heterocycles. The Balaban J connectivity index is 1.06. The SMILES string of the molecule is CCONC1=NC(Cc2cn(CC(=O)N3CCN(c4c(F)cc5c(=O)c(C(=O)O)cn(C6CC6)c5c4OC)CC3C)nn2)c2ccc(C)cc21. The molecule has 2 N–H and O–H groups in total. The number of piperazine rings is 1. The van der Waals surface area contributed by atoms with Crippen molar-refractivity contribution in [2.24, 2.45) is 4.99 Å². The van der Waals surface area contributed by atoms with Crippen LogP contribution in [0.5, 0.6) is 5.75 Å². The normalized spacial score (nSPS) is 18.7. The number of halogens is 1. The van der Waals surface area contributed by atoms with Crippen molar-refractivity contribution in [2.45, 2.75) is 64.7 Å². The van der Waals surface area contributed by atoms with Gasteiger partial charge in [-0.3, -0.25) is 19.4 Å². The molecule has 1 amide bonds. The van der Waals surface area contributed by atoms with Gasteiger partial charge in [0.15, 0.2) is 17.4 Å². The van der Waals surface area contributed by atoms with Crippen LogP contribution in [-0.4, -0.2) is 86.7 Å². The second kappa shape index (κ2) is 13.2. The number of ether oxygens (including phenoxy) is 1. The highest BCUT2D eigenvalue weighted by Crippen LogP contribution is 2.44. The number of amides is 1. The molecule has 0 radical (unpaired) electrons. The topological polar surface area (TPSA) is 156 Å². The number of carbonyl (C=O) groups is 2. The lowest BCUT2D eigenvalue weighted by molar-refractivity contribution is -0.134. The number of hydrogen-bond acceptors (Lipinski definition) is 10. The molecular weight excluding hydrogens is 647 g/mol. The first-order valence-electron chi connectivity index (χ1n) is 16.8. The number of rotatable bonds is 10. The van der Waals surface area contributed by atoms with Crippen LogP contribution in [0.25, 0.3) is 10.9 Å². The van der Waals surface area contributed by atoms with Crippen LogP contribution in [0.2, 0.25) is 0 Å². The van der Waals surface area contributed by atoms with E-state index in [-0.39, 0.29) is 47.4 Å². The molecule has 2 fully saturated rings. The molecule has 1 aliphatic carbocycles. The first kappa shape index (κ1) is 33.2. The highest BCUT2D eigenvalue weighted by atomic mass is 19.1. The number of benzene rings is 2. The number of carboxylic acid groups (broad SMARTS) is 1. The van der Waals surface area contributed by atoms with Crippen LogP contribution in [0.4, 0.5) is 10.1 Å². The minimum atomic E-state index is -1.36. The quantitative estimate of drug-likeness (QED) is 0.237. The molecule has 7 rings (SSSR count). The number of hydrogen-bond donors (Lipinski definition) is 2. The van der Waals surface area contributed by atoms with E-state index in [1.54, 1.807) is 15.7 Å². The third kappa shape index (κ3) is 6.06. The molecule has 4 heterocycles. The number of aromatic nitrogens is 4. The summed E-state index contributed by atoms with van der Waals surface area (Å²) in [6, 6.07) is 6.83. The number of aliphatic imine (C=N–C) groups is 1. The fourth-order valence-electron chi connectivity index (χ4n) is 7.03. The number of pyridine rings is 1. The van der Waals surface area contributed by atoms with E-state index in [9.17, 15) is 19.5 Å². The Morgan fingerprint density at radius 3 is 2.66 bits per heavy atom. The molecule has 14 nitrogen and oxygen atoms in total. The Hall–Kier alpha value is -5.31. The van der Waals surface area contributed by atoms with Crippen molar-refractivity contribution < 1.29 is 28.7 Å². The lowest BCUT2D eigenvalue weighted by Gasteiger charge is -2.41. The maximum Gasteiger partial charge on any atom is 0.341 e. The van der Waals surface area contributed by atoms with Crippen molar-refractivity contribution >= 4 is 34.3 Å². The summed E-state index contributed by atoms with van der Waals surface area (Å²) in [5.74, 6) is -1.35. The number of nitrogens with zero attached hydrogens (tertiary/aromatic N) is 7. The van der Waals surface area contributed by atoms with Gasteiger partial charge in [0.2, 0.25) is 11.3 Å². The van der Waals surface area contributed by atoms with E-state index in [1.165, 1.54) is 18.0 Å². The summed E-state index contributed by atoms with van der Waals surface area (Å²) in [5.41, 5.74) is 6.21. The van der Waals surface area contributed by atoms with Gasteiger partial charge in [0.25, 0.3) is 0 Å². The number of nitrogens with one attached hydrogen (secondary N) is 1. The number of aromatic carboxylic acids is 1. The van der Waals surface area contributed by atoms with Gasteiger partial charge in [0.1, 0.15) is 17.8 Å². The van der Waals surface area contributed by atoms with Gasteiger partial charge in [-0.15, -0.1) is 5.10 Å². The zero-order chi connectivity index (χ0) is 35.3. The number of carboxylic acids is 1. The van der Waals surface area contributed by atoms with E-state index in [4.69, 9.17) is 14.6 Å². The standard InChI is InChI=1S/C35H39FN8O6/c1-5-50-39-34-24-12-19(2)6-9-23(24)28(37-34)13-21-16-42(40-38-21)18-29(45)43-11-10-41(15-20(43)3)31-27(36)14-25-30(33(31)49-4)44(22-7-8-22)17-26(32(25)46)35(47)48/h6,9,12,14,16-17,20,22,28H,5,7-8,10-11,13,15,18H2,1-4H3,(H,37,39)(H,47,48). The van der Waals surface area contributed by atoms with E-state index in [1.807, 2.05) is 25.7 Å². The molecule has 2 aliphatic heterocycles. The predicted octanol–water partition coefficient (Wildman–Crippen LogP) is 3.40. The Bertz CT molecular complexity index is 2090. The second-order valence-electron chi connectivity index (χ2n) is 13.1. The van der Waals surface area contributed by atoms with Crippen LogP contribution >= 0.6 is 0 Å². The molecule has 50 heavy (non-hydrogen) atoms. The van der Waals surface area contributed by atoms with Crippen molar-refractivity contribution in [3.8, 4) is 5.75 Å². The number of fused-ring (bicyclic) bond motifs is 2. The largest absolute Gasteiger partial charge is 0.492 e. The van der Waals surface area contributed by atoms with E-state index in [2.05, 4.69) is 34.0 Å². The van der Waals surface area contributed by atoms with Crippen molar-refractivity contribution in [1.82, 2.24) is 29.9 Å². The minimum absolute atomic E-state index is 0.00468. The lowest BCUT2D eigenvalue weighted by atomic mass is 9.98. The van der Waals surface area contributed by atoms with Gasteiger partial charge in [-0.25, -0.2) is 19.3 Å². The first-order valence-corrected chi connectivity index (χ1v) is 16.8. The third-order valence-corrected chi connectivity index (χ3v) is 9.54. The number of anilines is 1. The van der Waals surface area contributed by atoms with Gasteiger partial charge >= 0.3 is 5.97 Å². The van der Waals surface area contributed by atoms with Crippen molar-refractivity contribution in [3.05, 3.63) is 80.6 Å². The molecule has 2 aromatic carbocycles. The molecule has 4 aromatic rings. The Kier molecular flexibility index (Phi) is 8.76. The maximum atomic E-state index is 15.9. The molecule has 3 aliphatic rings. The van der Waals surface area contributed by atoms with E-state index < -0.39 is 22.8 Å². The number of carbonyl (C=O) groups excluding carboxylic acids is 1. The van der Waals surface area contributed by atoms with Crippen molar-refractivity contribution in [1.29, 1.82) is 0 Å². The van der Waals surface area contributed by atoms with Gasteiger partial charge in [0.05, 0.1) is 36.4 Å². The zero-order valence-corrected chi connectivity index (χ0v) is 28.3. The molecule has 1 saturated carbocycles. The van der Waals surface area contributed by atoms with Gasteiger partial charge in [-0.1, -0.05) is 22.9 Å². The van der Waals surface area contributed by atoms with Crippen LogP contribution < -0.4 is 20.5 Å². The number of amidine groups is 1. The Morgan fingerprint density at radius 1 is 1.16 bits per heavy atom. The molecule has 2 unspecified atom stereocenters. The molecule has 0 spiro atoms. The average molecular weight is 687 g/mol. The summed E-state index contributed by atoms with van der Waals surface area (Å²) in [7, 11) is 1.41. The Labute approximate surface area is 287 Å². The monoisotopic (exact) mass is 686 g/mol. The summed E-state index contributed by atoms with van der Waals surface area (Å²) in [6.07, 6.45) is 5.23. The molecule has 2 atom stereocenters. The zero-order valence-electron chi connectivity index (χ0n) is 28.3. The molecule has 15 heteroatoms. The second-order valence-corrected chi connectivity index (χ2v) is 13.1. The summed E-state index contributed by atoms with van der Waals surface area (Å²) < 4.78 is 24.9. The highest BCUT2D eigenvalue weighted by Gasteiger charge is 2.35. The van der Waals surface area contributed by atoms with Gasteiger partial charge in [-0.2, -0.15) is 0 Å². The fourth-order valence-corrected chi connectivity index (χ4v) is 7.03. The van der Waals surface area contributed by atoms with Crippen LogP contribution in [0.15, 0.2) is 46.4 Å². The molecule has 262 valence electrons. The molecule has 0 bridgehead atoms. The Morgan fingerprint density at radius 2 is 1.96 bits per heavy atom. The third-order valence-electron chi connectivity index (χ3n) is 9.54. The predicted molar refractivity (Wildman–Crippen MR) is 182 cm³/mol. The van der Waals surface area contributed by atoms with Crippen LogP contribution in [-0.2, 0) is 22.6 Å². The fraction of sp³-hybridized carbons (Fsp3) is 0.429. The highest BCUT2D eigenvalue weighted by molar-refractivity contribution is 6.02. The van der Waals surface area contributed by atoms with Crippen LogP contribution in [0, 0.1) is 12.7 Å². The summed E-state index contributed by atoms with van der Waals surface area (Å²) in [4.78, 5) is 52.2. The van der Waals surface area contributed by atoms with Gasteiger partial charge in [-0.05, 0) is 51.3 Å². The van der Waals surface area contributed by atoms with Crippen molar-refractivity contribution in [2.75, 3.05) is 38.3 Å². The van der Waals surface area contributed by atoms with E-state index in [0.29, 0.717) is 49.7 Å². The number of hydroxylamine groups is 1. The smallest absolute Gasteiger partial charge is 0.341 e. The number of aryl methyl sites for hydroxylation is 1.